The van der Waals surface area contributed by atoms with Crippen LogP contribution in [0, 0.1) is 0 Å². The van der Waals surface area contributed by atoms with Crippen molar-refractivity contribution in [1.29, 1.82) is 0 Å². The van der Waals surface area contributed by atoms with Gasteiger partial charge in [0.1, 0.15) is 48.8 Å². The van der Waals surface area contributed by atoms with Crippen molar-refractivity contribution in [3.05, 3.63) is 36.5 Å². The molecule has 2 aliphatic rings. The van der Waals surface area contributed by atoms with Gasteiger partial charge in [-0.1, -0.05) is 352 Å². The van der Waals surface area contributed by atoms with E-state index >= 15 is 0 Å². The normalized spacial score (nSPS) is 22.6. The molecule has 2 fully saturated rings. The van der Waals surface area contributed by atoms with Crippen molar-refractivity contribution >= 4 is 5.91 Å². The number of allylic oxidation sites excluding steroid dienone is 6. The highest BCUT2D eigenvalue weighted by atomic mass is 16.7. The lowest BCUT2D eigenvalue weighted by Gasteiger charge is -2.46. The van der Waals surface area contributed by atoms with Crippen LogP contribution in [0.1, 0.15) is 373 Å². The Kier molecular flexibility index (Phi) is 60.7. The number of aliphatic hydroxyl groups is 8. The van der Waals surface area contributed by atoms with E-state index in [1.165, 1.54) is 283 Å². The van der Waals surface area contributed by atoms with Crippen LogP contribution in [-0.2, 0) is 23.7 Å². The third-order valence-electron chi connectivity index (χ3n) is 19.9. The largest absolute Gasteiger partial charge is 0.394 e. The molecular weight excluding hydrogens is 1180 g/mol. The number of hydrogen-bond donors (Lipinski definition) is 9. The zero-order chi connectivity index (χ0) is 68.0. The summed E-state index contributed by atoms with van der Waals surface area (Å²) in [6, 6.07) is -0.828. The molecule has 0 bridgehead atoms. The lowest BCUT2D eigenvalue weighted by atomic mass is 9.97. The molecule has 14 nitrogen and oxygen atoms in total. The maximum Gasteiger partial charge on any atom is 0.220 e. The molecule has 0 saturated carbocycles. The van der Waals surface area contributed by atoms with Crippen molar-refractivity contribution in [2.45, 2.75) is 447 Å². The average Bonchev–Trinajstić information content (AvgIpc) is 0.794. The van der Waals surface area contributed by atoms with E-state index in [0.717, 1.165) is 64.2 Å². The first-order chi connectivity index (χ1) is 46.1. The Bertz CT molecular complexity index is 1720. The number of hydrogen-bond acceptors (Lipinski definition) is 13. The number of carbonyl (C=O) groups excluding carboxylic acids is 1. The van der Waals surface area contributed by atoms with Gasteiger partial charge in [-0.3, -0.25) is 4.79 Å². The van der Waals surface area contributed by atoms with Crippen LogP contribution in [0.5, 0.6) is 0 Å². The predicted molar refractivity (Wildman–Crippen MR) is 388 cm³/mol. The van der Waals surface area contributed by atoms with Gasteiger partial charge in [0.15, 0.2) is 12.6 Å². The summed E-state index contributed by atoms with van der Waals surface area (Å²) in [5, 5.41) is 87.8. The van der Waals surface area contributed by atoms with Gasteiger partial charge in [-0.2, -0.15) is 0 Å². The second kappa shape index (κ2) is 64.6. The topological polar surface area (TPSA) is 228 Å². The van der Waals surface area contributed by atoms with Crippen LogP contribution in [0.2, 0.25) is 0 Å². The highest BCUT2D eigenvalue weighted by Gasteiger charge is 2.51. The lowest BCUT2D eigenvalue weighted by Crippen LogP contribution is -2.65. The summed E-state index contributed by atoms with van der Waals surface area (Å²) in [4.78, 5) is 13.4. The Morgan fingerprint density at radius 1 is 0.383 bits per heavy atom. The molecule has 2 saturated heterocycles. The molecule has 0 aromatic rings. The quantitative estimate of drug-likeness (QED) is 0.0204. The molecular formula is C80H151NO13. The van der Waals surface area contributed by atoms with E-state index in [2.05, 4.69) is 55.6 Å². The Morgan fingerprint density at radius 3 is 1.07 bits per heavy atom. The highest BCUT2D eigenvalue weighted by Crippen LogP contribution is 2.30. The molecule has 12 unspecified atom stereocenters. The number of unbranched alkanes of at least 4 members (excludes halogenated alkanes) is 49. The third kappa shape index (κ3) is 47.3. The second-order valence-corrected chi connectivity index (χ2v) is 28.6. The minimum Gasteiger partial charge on any atom is -0.394 e. The smallest absolute Gasteiger partial charge is 0.220 e. The van der Waals surface area contributed by atoms with Crippen molar-refractivity contribution in [3.63, 3.8) is 0 Å². The van der Waals surface area contributed by atoms with Gasteiger partial charge in [-0.05, 0) is 51.4 Å². The van der Waals surface area contributed by atoms with Crippen molar-refractivity contribution < 1.29 is 64.6 Å². The van der Waals surface area contributed by atoms with Gasteiger partial charge in [0.2, 0.25) is 5.91 Å². The van der Waals surface area contributed by atoms with E-state index in [9.17, 15) is 45.6 Å². The van der Waals surface area contributed by atoms with Crippen LogP contribution in [-0.4, -0.2) is 140 Å². The molecule has 0 aromatic carbocycles. The molecule has 0 aliphatic carbocycles. The van der Waals surface area contributed by atoms with Crippen LogP contribution in [0.3, 0.4) is 0 Å². The van der Waals surface area contributed by atoms with E-state index in [1.54, 1.807) is 0 Å². The van der Waals surface area contributed by atoms with Crippen molar-refractivity contribution in [2.24, 2.45) is 0 Å². The number of carbonyl (C=O) groups is 1. The highest BCUT2D eigenvalue weighted by molar-refractivity contribution is 5.76. The summed E-state index contributed by atoms with van der Waals surface area (Å²) in [5.41, 5.74) is 0. The molecule has 9 N–H and O–H groups in total. The second-order valence-electron chi connectivity index (χ2n) is 28.6. The predicted octanol–water partition coefficient (Wildman–Crippen LogP) is 18.0. The van der Waals surface area contributed by atoms with Gasteiger partial charge in [0.05, 0.1) is 32.0 Å². The van der Waals surface area contributed by atoms with Crippen molar-refractivity contribution in [1.82, 2.24) is 5.32 Å². The first kappa shape index (κ1) is 88.3. The monoisotopic (exact) mass is 1330 g/mol. The van der Waals surface area contributed by atoms with Gasteiger partial charge in [0, 0.05) is 6.42 Å². The number of ether oxygens (including phenoxy) is 4. The van der Waals surface area contributed by atoms with Crippen molar-refractivity contribution in [2.75, 3.05) is 19.8 Å². The maximum atomic E-state index is 13.4. The summed E-state index contributed by atoms with van der Waals surface area (Å²) >= 11 is 0. The summed E-state index contributed by atoms with van der Waals surface area (Å²) in [6.07, 6.45) is 67.6. The van der Waals surface area contributed by atoms with Gasteiger partial charge >= 0.3 is 0 Å². The fraction of sp³-hybridized carbons (Fsp3) is 0.912. The zero-order valence-corrected chi connectivity index (χ0v) is 60.7. The van der Waals surface area contributed by atoms with Gasteiger partial charge in [-0.25, -0.2) is 0 Å². The van der Waals surface area contributed by atoms with E-state index in [-0.39, 0.29) is 12.5 Å². The summed E-state index contributed by atoms with van der Waals surface area (Å²) in [7, 11) is 0. The van der Waals surface area contributed by atoms with Crippen molar-refractivity contribution in [3.8, 4) is 0 Å². The molecule has 1 amide bonds. The minimum absolute atomic E-state index is 0.198. The lowest BCUT2D eigenvalue weighted by molar-refractivity contribution is -0.359. The Hall–Kier alpha value is -1.79. The number of aliphatic hydroxyl groups excluding tert-OH is 8. The summed E-state index contributed by atoms with van der Waals surface area (Å²) in [6.45, 7) is 2.91. The Balaban J connectivity index is 1.56. The van der Waals surface area contributed by atoms with E-state index in [1.807, 2.05) is 0 Å². The molecule has 0 radical (unpaired) electrons. The molecule has 94 heavy (non-hydrogen) atoms. The van der Waals surface area contributed by atoms with Crippen LogP contribution >= 0.6 is 0 Å². The minimum atomic E-state index is -1.78. The average molecular weight is 1340 g/mol. The SMILES string of the molecule is CCCCCCC/C=C\C/C=C\C/C=C\CCCCCCCCCCCCCCCCCCCCCCCCCCC(=O)NC(COC1OC(CO)C(OC2OC(CO)C(O)C(O)C2O)C(O)C1O)C(O)CCCCCCCCCCCCCCCCCCCCCCC. The summed E-state index contributed by atoms with van der Waals surface area (Å²) in [5.74, 6) is -0.198. The van der Waals surface area contributed by atoms with Gasteiger partial charge in [-0.15, -0.1) is 0 Å². The molecule has 0 spiro atoms. The Labute approximate surface area is 576 Å². The van der Waals surface area contributed by atoms with Gasteiger partial charge < -0.3 is 65.1 Å². The number of nitrogens with one attached hydrogen (secondary N) is 1. The molecule has 0 aromatic heterocycles. The Morgan fingerprint density at radius 2 is 0.702 bits per heavy atom. The summed E-state index contributed by atoms with van der Waals surface area (Å²) < 4.78 is 23.0. The fourth-order valence-electron chi connectivity index (χ4n) is 13.5. The van der Waals surface area contributed by atoms with E-state index in [4.69, 9.17) is 18.9 Å². The number of rotatable bonds is 68. The van der Waals surface area contributed by atoms with Crippen LogP contribution in [0.15, 0.2) is 36.5 Å². The van der Waals surface area contributed by atoms with E-state index < -0.39 is 86.8 Å². The van der Waals surface area contributed by atoms with Crippen LogP contribution in [0.25, 0.3) is 0 Å². The first-order valence-electron chi connectivity index (χ1n) is 40.2. The maximum absolute atomic E-state index is 13.4. The fourth-order valence-corrected chi connectivity index (χ4v) is 13.5. The molecule has 2 rings (SSSR count). The standard InChI is InChI=1S/C80H151NO13/c1-3-5-7-9-11-13-15-17-19-21-23-25-26-27-28-29-30-31-32-33-34-35-36-37-38-39-40-41-42-44-46-48-50-52-54-56-58-60-62-64-72(85)81-68(69(84)63-61-59-57-55-53-51-49-47-45-43-24-22-20-18-16-14-12-10-8-6-4-2)67-91-79-77(90)75(88)78(71(66-83)93-79)94-80-76(89)74(87)73(86)70(65-82)92-80/h15,17,21,23,26-27,68-71,73-80,82-84,86-90H,3-14,16,18-20,22,24-25,28-67H2,1-2H3,(H,81,85)/b17-15-,23-21-,27-26-. The molecule has 14 heteroatoms. The van der Waals surface area contributed by atoms with Crippen LogP contribution < -0.4 is 5.32 Å². The molecule has 2 aliphatic heterocycles. The molecule has 12 atom stereocenters. The third-order valence-corrected chi connectivity index (χ3v) is 19.9. The molecule has 2 heterocycles. The number of amides is 1. The molecule has 554 valence electrons. The zero-order valence-electron chi connectivity index (χ0n) is 60.7. The first-order valence-corrected chi connectivity index (χ1v) is 40.2. The van der Waals surface area contributed by atoms with Crippen LogP contribution in [0.4, 0.5) is 0 Å². The van der Waals surface area contributed by atoms with Gasteiger partial charge in [0.25, 0.3) is 0 Å². The van der Waals surface area contributed by atoms with E-state index in [0.29, 0.717) is 12.8 Å².